The van der Waals surface area contributed by atoms with Crippen LogP contribution in [0.4, 0.5) is 4.79 Å². The number of nitrogens with one attached hydrogen (secondary N) is 2. The van der Waals surface area contributed by atoms with Crippen molar-refractivity contribution in [3.63, 3.8) is 0 Å². The number of likely N-dealkylation sites (tertiary alicyclic amines) is 1. The van der Waals surface area contributed by atoms with Crippen molar-refractivity contribution < 1.29 is 29.5 Å². The van der Waals surface area contributed by atoms with Crippen molar-refractivity contribution in [1.29, 1.82) is 0 Å². The molecular formula is C26H36N4O6. The summed E-state index contributed by atoms with van der Waals surface area (Å²) in [5.74, 6) is -1.10. The van der Waals surface area contributed by atoms with E-state index in [9.17, 15) is 29.5 Å². The smallest absolute Gasteiger partial charge is 0.321 e. The summed E-state index contributed by atoms with van der Waals surface area (Å²) in [6.07, 6.45) is 6.51. The zero-order chi connectivity index (χ0) is 25.7. The van der Waals surface area contributed by atoms with E-state index in [-0.39, 0.29) is 18.9 Å². The molecule has 0 radical (unpaired) electrons. The molecule has 1 aliphatic heterocycles. The van der Waals surface area contributed by atoms with Gasteiger partial charge in [-0.25, -0.2) is 9.86 Å². The van der Waals surface area contributed by atoms with Gasteiger partial charge in [-0.1, -0.05) is 49.9 Å². The Kier molecular flexibility index (Phi) is 8.58. The molecule has 3 aliphatic rings. The van der Waals surface area contributed by atoms with Crippen molar-refractivity contribution in [2.24, 2.45) is 11.8 Å². The molecule has 10 nitrogen and oxygen atoms in total. The number of hydrogen-bond donors (Lipinski definition) is 4. The van der Waals surface area contributed by atoms with Crippen molar-refractivity contribution >= 4 is 24.3 Å². The number of urea groups is 1. The Hall–Kier alpha value is -2.98. The molecule has 196 valence electrons. The number of nitrogens with zero attached hydrogens (tertiary/aromatic N) is 2. The van der Waals surface area contributed by atoms with Gasteiger partial charge in [-0.2, -0.15) is 0 Å². The van der Waals surface area contributed by atoms with Crippen molar-refractivity contribution in [2.75, 3.05) is 13.1 Å². The molecule has 10 heteroatoms. The summed E-state index contributed by atoms with van der Waals surface area (Å²) in [7, 11) is 0. The molecule has 2 fully saturated rings. The third-order valence-corrected chi connectivity index (χ3v) is 7.84. The van der Waals surface area contributed by atoms with Gasteiger partial charge < -0.3 is 15.3 Å². The summed E-state index contributed by atoms with van der Waals surface area (Å²) in [5, 5.41) is 26.0. The summed E-state index contributed by atoms with van der Waals surface area (Å²) in [6, 6.07) is 5.51. The molecule has 2 unspecified atom stereocenters. The quantitative estimate of drug-likeness (QED) is 0.244. The highest BCUT2D eigenvalue weighted by Gasteiger charge is 2.39. The van der Waals surface area contributed by atoms with E-state index in [0.717, 1.165) is 36.8 Å². The Bertz CT molecular complexity index is 966. The number of aryl methyl sites for hydroxylation is 1. The monoisotopic (exact) mass is 500 g/mol. The Balaban J connectivity index is 1.36. The van der Waals surface area contributed by atoms with Crippen LogP contribution >= 0.6 is 0 Å². The molecule has 4 N–H and O–H groups in total. The van der Waals surface area contributed by atoms with Crippen LogP contribution in [0.2, 0.25) is 0 Å². The first-order valence-corrected chi connectivity index (χ1v) is 13.0. The van der Waals surface area contributed by atoms with E-state index < -0.39 is 36.0 Å². The molecule has 1 saturated heterocycles. The van der Waals surface area contributed by atoms with Crippen molar-refractivity contribution in [3.8, 4) is 0 Å². The fourth-order valence-electron chi connectivity index (χ4n) is 6.00. The highest BCUT2D eigenvalue weighted by Crippen LogP contribution is 2.33. The number of fused-ring (bicyclic) bond motifs is 1. The number of rotatable bonds is 8. The Morgan fingerprint density at radius 2 is 1.86 bits per heavy atom. The maximum atomic E-state index is 13.4. The number of amides is 5. The van der Waals surface area contributed by atoms with Crippen LogP contribution < -0.4 is 10.6 Å². The van der Waals surface area contributed by atoms with Gasteiger partial charge in [0.25, 0.3) is 5.91 Å². The Morgan fingerprint density at radius 1 is 1.11 bits per heavy atom. The topological polar surface area (TPSA) is 139 Å². The standard InChI is InChI=1S/C26H36N4O6/c31-16-29(36)15-19(14-17-6-1-2-7-17)25(34)30-13-5-10-22(30)24(33)28-26(35)27-21-12-11-18-8-3-4-9-20(18)23(21)32/h3-4,8-9,16-17,19,21-23,32,36H,1-2,5-7,10-15H2,(H2,27,28,33,35)/t19-,21?,22+,23?/m1/s1. The van der Waals surface area contributed by atoms with Crippen molar-refractivity contribution in [1.82, 2.24) is 20.6 Å². The highest BCUT2D eigenvalue weighted by molar-refractivity contribution is 5.99. The predicted molar refractivity (Wildman–Crippen MR) is 130 cm³/mol. The number of aliphatic hydroxyl groups excluding tert-OH is 1. The maximum Gasteiger partial charge on any atom is 0.321 e. The van der Waals surface area contributed by atoms with Gasteiger partial charge in [-0.15, -0.1) is 0 Å². The molecule has 1 aromatic rings. The molecule has 5 amide bonds. The lowest BCUT2D eigenvalue weighted by atomic mass is 9.86. The van der Waals surface area contributed by atoms with Crippen LogP contribution in [0.25, 0.3) is 0 Å². The van der Waals surface area contributed by atoms with Crippen LogP contribution in [0.5, 0.6) is 0 Å². The lowest BCUT2D eigenvalue weighted by Gasteiger charge is -2.31. The summed E-state index contributed by atoms with van der Waals surface area (Å²) in [4.78, 5) is 51.5. The molecule has 0 spiro atoms. The predicted octanol–water partition coefficient (Wildman–Crippen LogP) is 1.90. The van der Waals surface area contributed by atoms with Crippen LogP contribution in [-0.4, -0.2) is 69.7 Å². The fraction of sp³-hybridized carbons (Fsp3) is 0.615. The highest BCUT2D eigenvalue weighted by atomic mass is 16.5. The van der Waals surface area contributed by atoms with Gasteiger partial charge in [0.1, 0.15) is 6.04 Å². The zero-order valence-electron chi connectivity index (χ0n) is 20.5. The van der Waals surface area contributed by atoms with Gasteiger partial charge in [0.05, 0.1) is 24.6 Å². The van der Waals surface area contributed by atoms with Crippen molar-refractivity contribution in [3.05, 3.63) is 35.4 Å². The molecule has 4 rings (SSSR count). The summed E-state index contributed by atoms with van der Waals surface area (Å²) < 4.78 is 0. The van der Waals surface area contributed by atoms with Crippen LogP contribution in [0.1, 0.15) is 68.6 Å². The number of hydroxylamine groups is 2. The fourth-order valence-corrected chi connectivity index (χ4v) is 6.00. The van der Waals surface area contributed by atoms with E-state index in [2.05, 4.69) is 10.6 Å². The lowest BCUT2D eigenvalue weighted by Crippen LogP contribution is -2.54. The number of hydrogen-bond acceptors (Lipinski definition) is 6. The van der Waals surface area contributed by atoms with Crippen molar-refractivity contribution in [2.45, 2.75) is 76.0 Å². The molecule has 4 atom stereocenters. The maximum absolute atomic E-state index is 13.4. The Morgan fingerprint density at radius 3 is 2.61 bits per heavy atom. The van der Waals surface area contributed by atoms with Crippen LogP contribution in [0.3, 0.4) is 0 Å². The van der Waals surface area contributed by atoms with Gasteiger partial charge in [-0.3, -0.25) is 24.9 Å². The normalized spacial score (nSPS) is 24.6. The number of aliphatic hydroxyl groups is 1. The number of benzene rings is 1. The second-order valence-corrected chi connectivity index (χ2v) is 10.3. The number of imide groups is 1. The SMILES string of the molecule is O=CN(O)C[C@@H](CC1CCCC1)C(=O)N1CCC[C@H]1C(=O)NC(=O)NC1CCc2ccccc2C1O. The van der Waals surface area contributed by atoms with Gasteiger partial charge >= 0.3 is 6.03 Å². The molecule has 0 bridgehead atoms. The average molecular weight is 501 g/mol. The Labute approximate surface area is 211 Å². The van der Waals surface area contributed by atoms with Gasteiger partial charge in [0.2, 0.25) is 12.3 Å². The van der Waals surface area contributed by atoms with Gasteiger partial charge in [-0.05, 0) is 49.1 Å². The molecule has 36 heavy (non-hydrogen) atoms. The largest absolute Gasteiger partial charge is 0.386 e. The van der Waals surface area contributed by atoms with Gasteiger partial charge in [0, 0.05) is 6.54 Å². The minimum Gasteiger partial charge on any atom is -0.386 e. The molecule has 1 saturated carbocycles. The van der Waals surface area contributed by atoms with E-state index in [1.165, 1.54) is 4.90 Å². The summed E-state index contributed by atoms with van der Waals surface area (Å²) >= 11 is 0. The first kappa shape index (κ1) is 26.1. The summed E-state index contributed by atoms with van der Waals surface area (Å²) in [6.45, 7) is 0.259. The molecule has 0 aromatic heterocycles. The van der Waals surface area contributed by atoms with E-state index in [0.29, 0.717) is 49.6 Å². The average Bonchev–Trinajstić information content (AvgIpc) is 3.57. The summed E-state index contributed by atoms with van der Waals surface area (Å²) in [5.41, 5.74) is 1.82. The molecule has 1 aromatic carbocycles. The van der Waals surface area contributed by atoms with Crippen LogP contribution in [0.15, 0.2) is 24.3 Å². The first-order chi connectivity index (χ1) is 17.4. The molecule has 2 aliphatic carbocycles. The number of carbonyl (C=O) groups excluding carboxylic acids is 4. The van der Waals surface area contributed by atoms with E-state index >= 15 is 0 Å². The molecular weight excluding hydrogens is 464 g/mol. The minimum atomic E-state index is -0.865. The van der Waals surface area contributed by atoms with E-state index in [4.69, 9.17) is 0 Å². The first-order valence-electron chi connectivity index (χ1n) is 13.0. The third-order valence-electron chi connectivity index (χ3n) is 7.84. The minimum absolute atomic E-state index is 0.120. The second kappa shape index (κ2) is 11.8. The third kappa shape index (κ3) is 6.04. The second-order valence-electron chi connectivity index (χ2n) is 10.3. The van der Waals surface area contributed by atoms with Crippen LogP contribution in [0, 0.1) is 11.8 Å². The van der Waals surface area contributed by atoms with Gasteiger partial charge in [0.15, 0.2) is 0 Å². The zero-order valence-corrected chi connectivity index (χ0v) is 20.5. The lowest BCUT2D eigenvalue weighted by molar-refractivity contribution is -0.158. The molecule has 1 heterocycles. The number of carbonyl (C=O) groups is 4. The van der Waals surface area contributed by atoms with E-state index in [1.54, 1.807) is 0 Å². The van der Waals surface area contributed by atoms with E-state index in [1.807, 2.05) is 24.3 Å². The van der Waals surface area contributed by atoms with Crippen LogP contribution in [-0.2, 0) is 20.8 Å².